The van der Waals surface area contributed by atoms with Gasteiger partial charge in [-0.05, 0) is 90.5 Å². The van der Waals surface area contributed by atoms with E-state index in [2.05, 4.69) is 10.2 Å². The highest BCUT2D eigenvalue weighted by molar-refractivity contribution is 6.05. The molecule has 0 spiro atoms. The van der Waals surface area contributed by atoms with E-state index >= 15 is 0 Å². The Morgan fingerprint density at radius 3 is 2.51 bits per heavy atom. The van der Waals surface area contributed by atoms with Crippen LogP contribution < -0.4 is 10.1 Å². The summed E-state index contributed by atoms with van der Waals surface area (Å²) < 4.78 is 12.7. The molecule has 2 aromatic carbocycles. The summed E-state index contributed by atoms with van der Waals surface area (Å²) >= 11 is 0. The minimum Gasteiger partial charge on any atom is -0.490 e. The number of anilines is 1. The van der Waals surface area contributed by atoms with Gasteiger partial charge in [-0.1, -0.05) is 25.1 Å². The van der Waals surface area contributed by atoms with Gasteiger partial charge in [0, 0.05) is 50.3 Å². The summed E-state index contributed by atoms with van der Waals surface area (Å²) in [6.45, 7) is 7.64. The number of aliphatic hydroxyl groups excluding tert-OH is 1. The average Bonchev–Trinajstić information content (AvgIpc) is 3.02. The maximum atomic E-state index is 14.3. The molecule has 0 saturated carbocycles. The molecule has 3 rings (SSSR count). The number of hydrogen-bond acceptors (Lipinski definition) is 7. The van der Waals surface area contributed by atoms with Crippen molar-refractivity contribution in [3.8, 4) is 5.75 Å². The predicted octanol–water partition coefficient (Wildman–Crippen LogP) is 4.53. The highest BCUT2D eigenvalue weighted by Crippen LogP contribution is 2.29. The molecule has 10 heteroatoms. The number of hydrogen-bond donors (Lipinski definition) is 2. The van der Waals surface area contributed by atoms with Gasteiger partial charge in [-0.3, -0.25) is 14.4 Å². The van der Waals surface area contributed by atoms with Gasteiger partial charge in [0.2, 0.25) is 5.91 Å². The van der Waals surface area contributed by atoms with Gasteiger partial charge < -0.3 is 34.6 Å². The number of nitrogens with one attached hydrogen (secondary N) is 1. The van der Waals surface area contributed by atoms with Gasteiger partial charge in [0.05, 0.1) is 30.4 Å². The van der Waals surface area contributed by atoms with Crippen molar-refractivity contribution in [1.29, 1.82) is 0 Å². The quantitative estimate of drug-likeness (QED) is 0.400. The molecule has 0 saturated heterocycles. The van der Waals surface area contributed by atoms with E-state index in [4.69, 9.17) is 9.47 Å². The molecule has 1 aliphatic rings. The summed E-state index contributed by atoms with van der Waals surface area (Å²) in [6.07, 6.45) is 3.26. The maximum Gasteiger partial charge on any atom is 0.258 e. The van der Waals surface area contributed by atoms with E-state index in [9.17, 15) is 19.5 Å². The Morgan fingerprint density at radius 1 is 1.09 bits per heavy atom. The number of nitrogens with zero attached hydrogens (tertiary/aromatic N) is 3. The van der Waals surface area contributed by atoms with Crippen LogP contribution in [0.4, 0.5) is 5.69 Å². The molecule has 2 aromatic rings. The number of likely N-dealkylation sites (N-methyl/N-ethyl adjacent to an activating group) is 1. The SMILES string of the molecule is C[C@@H]1CN([C@@H](C)CO)C(=O)c2cc(NC(=O)c3ccccc3)ccc2O[C@@H](C)CCCCO[C@@H]1CN(C)C(=O)CCCN(C)C. The number of amides is 3. The molecule has 10 nitrogen and oxygen atoms in total. The van der Waals surface area contributed by atoms with Crippen molar-refractivity contribution in [2.45, 2.75) is 71.1 Å². The lowest BCUT2D eigenvalue weighted by molar-refractivity contribution is -0.132. The van der Waals surface area contributed by atoms with Gasteiger partial charge in [-0.15, -0.1) is 0 Å². The Bertz CT molecular complexity index is 1240. The van der Waals surface area contributed by atoms with Gasteiger partial charge in [0.15, 0.2) is 0 Å². The van der Waals surface area contributed by atoms with Crippen molar-refractivity contribution in [2.24, 2.45) is 5.92 Å². The van der Waals surface area contributed by atoms with Crippen molar-refractivity contribution in [3.05, 3.63) is 59.7 Å². The molecule has 2 N–H and O–H groups in total. The zero-order valence-electron chi connectivity index (χ0n) is 27.8. The zero-order valence-corrected chi connectivity index (χ0v) is 27.8. The van der Waals surface area contributed by atoms with Crippen molar-refractivity contribution >= 4 is 23.4 Å². The second-order valence-electron chi connectivity index (χ2n) is 12.5. The first-order valence-corrected chi connectivity index (χ1v) is 16.1. The molecule has 0 bridgehead atoms. The van der Waals surface area contributed by atoms with Crippen LogP contribution in [-0.2, 0) is 9.53 Å². The van der Waals surface area contributed by atoms with Gasteiger partial charge in [-0.2, -0.15) is 0 Å². The molecule has 0 fully saturated rings. The monoisotopic (exact) mass is 624 g/mol. The van der Waals surface area contributed by atoms with Crippen LogP contribution in [0.2, 0.25) is 0 Å². The molecule has 0 radical (unpaired) electrons. The summed E-state index contributed by atoms with van der Waals surface area (Å²) in [4.78, 5) is 45.5. The zero-order chi connectivity index (χ0) is 32.9. The Labute approximate surface area is 268 Å². The molecular formula is C35H52N4O6. The normalized spacial score (nSPS) is 20.5. The Kier molecular flexibility index (Phi) is 14.3. The number of fused-ring (bicyclic) bond motifs is 1. The third kappa shape index (κ3) is 11.1. The molecule has 45 heavy (non-hydrogen) atoms. The minimum absolute atomic E-state index is 0.0636. The van der Waals surface area contributed by atoms with E-state index in [1.54, 1.807) is 66.2 Å². The van der Waals surface area contributed by atoms with Crippen molar-refractivity contribution < 1.29 is 29.0 Å². The lowest BCUT2D eigenvalue weighted by atomic mass is 10.0. The van der Waals surface area contributed by atoms with Crippen molar-refractivity contribution in [2.75, 3.05) is 59.3 Å². The second-order valence-corrected chi connectivity index (χ2v) is 12.5. The first-order valence-electron chi connectivity index (χ1n) is 16.1. The largest absolute Gasteiger partial charge is 0.490 e. The van der Waals surface area contributed by atoms with Crippen LogP contribution >= 0.6 is 0 Å². The van der Waals surface area contributed by atoms with Crippen LogP contribution in [0, 0.1) is 5.92 Å². The number of carbonyl (C=O) groups excluding carboxylic acids is 3. The first kappa shape index (κ1) is 36.0. The lowest BCUT2D eigenvalue weighted by Gasteiger charge is -2.36. The fourth-order valence-electron chi connectivity index (χ4n) is 5.36. The second kappa shape index (κ2) is 17.9. The van der Waals surface area contributed by atoms with Crippen LogP contribution in [0.3, 0.4) is 0 Å². The van der Waals surface area contributed by atoms with Crippen LogP contribution in [0.15, 0.2) is 48.5 Å². The van der Waals surface area contributed by atoms with E-state index < -0.39 is 6.04 Å². The minimum atomic E-state index is -0.494. The Balaban J connectivity index is 1.89. The number of ether oxygens (including phenoxy) is 2. The van der Waals surface area contributed by atoms with Gasteiger partial charge in [0.25, 0.3) is 11.8 Å². The van der Waals surface area contributed by atoms with Crippen LogP contribution in [0.5, 0.6) is 5.75 Å². The molecule has 4 atom stereocenters. The summed E-state index contributed by atoms with van der Waals surface area (Å²) in [6, 6.07) is 13.5. The number of carbonyl (C=O) groups is 3. The standard InChI is InChI=1S/C35H52N4O6/c1-25-22-39(26(2)24-40)35(43)30-21-29(36-34(42)28-14-8-7-9-15-28)17-18-31(30)45-27(3)13-10-11-20-44-32(25)23-38(6)33(41)16-12-19-37(4)5/h7-9,14-15,17-18,21,25-27,32,40H,10-13,16,19-20,22-24H2,1-6H3,(H,36,42)/t25-,26+,27+,32-/m1/s1. The lowest BCUT2D eigenvalue weighted by Crippen LogP contribution is -2.48. The highest BCUT2D eigenvalue weighted by atomic mass is 16.5. The smallest absolute Gasteiger partial charge is 0.258 e. The predicted molar refractivity (Wildman–Crippen MR) is 177 cm³/mol. The number of rotatable bonds is 10. The summed E-state index contributed by atoms with van der Waals surface area (Å²) in [5.74, 6) is -0.250. The fraction of sp³-hybridized carbons (Fsp3) is 0.571. The van der Waals surface area contributed by atoms with E-state index in [1.807, 2.05) is 34.0 Å². The molecule has 3 amide bonds. The fourth-order valence-corrected chi connectivity index (χ4v) is 5.36. The highest BCUT2D eigenvalue weighted by Gasteiger charge is 2.31. The molecule has 0 aliphatic carbocycles. The van der Waals surface area contributed by atoms with E-state index in [1.165, 1.54) is 0 Å². The topological polar surface area (TPSA) is 112 Å². The number of benzene rings is 2. The summed E-state index contributed by atoms with van der Waals surface area (Å²) in [7, 11) is 5.79. The maximum absolute atomic E-state index is 14.3. The molecule has 0 unspecified atom stereocenters. The van der Waals surface area contributed by atoms with Crippen molar-refractivity contribution in [1.82, 2.24) is 14.7 Å². The molecular weight excluding hydrogens is 572 g/mol. The van der Waals surface area contributed by atoms with Gasteiger partial charge in [0.1, 0.15) is 5.75 Å². The molecule has 248 valence electrons. The van der Waals surface area contributed by atoms with Crippen LogP contribution in [-0.4, -0.2) is 110 Å². The number of aliphatic hydroxyl groups is 1. The summed E-state index contributed by atoms with van der Waals surface area (Å²) in [5.41, 5.74) is 1.28. The van der Waals surface area contributed by atoms with E-state index in [0.717, 1.165) is 32.2 Å². The Morgan fingerprint density at radius 2 is 1.82 bits per heavy atom. The van der Waals surface area contributed by atoms with E-state index in [0.29, 0.717) is 48.7 Å². The molecule has 1 heterocycles. The van der Waals surface area contributed by atoms with Crippen molar-refractivity contribution in [3.63, 3.8) is 0 Å². The van der Waals surface area contributed by atoms with E-state index in [-0.39, 0.29) is 42.5 Å². The first-order chi connectivity index (χ1) is 21.5. The average molecular weight is 625 g/mol. The molecule has 1 aliphatic heterocycles. The van der Waals surface area contributed by atoms with Crippen LogP contribution in [0.1, 0.15) is 73.6 Å². The van der Waals surface area contributed by atoms with Crippen LogP contribution in [0.25, 0.3) is 0 Å². The Hall–Kier alpha value is -3.47. The third-order valence-corrected chi connectivity index (χ3v) is 8.22. The molecule has 0 aromatic heterocycles. The van der Waals surface area contributed by atoms with Gasteiger partial charge >= 0.3 is 0 Å². The van der Waals surface area contributed by atoms with Gasteiger partial charge in [-0.25, -0.2) is 0 Å². The third-order valence-electron chi connectivity index (χ3n) is 8.22. The summed E-state index contributed by atoms with van der Waals surface area (Å²) in [5, 5.41) is 13.1.